The van der Waals surface area contributed by atoms with E-state index in [2.05, 4.69) is 15.5 Å². The summed E-state index contributed by atoms with van der Waals surface area (Å²) in [6, 6.07) is 14.5. The Labute approximate surface area is 196 Å². The molecule has 0 saturated heterocycles. The molecule has 180 valence electrons. The van der Waals surface area contributed by atoms with Crippen molar-refractivity contribution in [3.63, 3.8) is 0 Å². The number of ether oxygens (including phenoxy) is 2. The Hall–Kier alpha value is -4.41. The van der Waals surface area contributed by atoms with Crippen LogP contribution in [0.4, 0.5) is 23.2 Å². The fourth-order valence-electron chi connectivity index (χ4n) is 3.04. The smallest absolute Gasteiger partial charge is 0.416 e. The standard InChI is InChI=1S/C24H17F4N3O4/c1-33-18-8-5-14(6-9-18)23-31-30-21(35-23)13-34-20-10-7-17(12-19(20)25)29-22(32)15-3-2-4-16(11-15)24(26,27)28/h2-12H,13H2,1H3,(H,29,32). The molecular formula is C24H17F4N3O4. The molecule has 35 heavy (non-hydrogen) atoms. The van der Waals surface area contributed by atoms with Crippen molar-refractivity contribution in [2.24, 2.45) is 0 Å². The molecule has 0 aliphatic carbocycles. The molecule has 0 unspecified atom stereocenters. The van der Waals surface area contributed by atoms with Gasteiger partial charge in [-0.15, -0.1) is 10.2 Å². The minimum absolute atomic E-state index is 0.0387. The molecular weight excluding hydrogens is 470 g/mol. The van der Waals surface area contributed by atoms with Crippen molar-refractivity contribution in [2.75, 3.05) is 12.4 Å². The highest BCUT2D eigenvalue weighted by molar-refractivity contribution is 6.04. The van der Waals surface area contributed by atoms with Crippen LogP contribution < -0.4 is 14.8 Å². The van der Waals surface area contributed by atoms with E-state index in [1.54, 1.807) is 31.4 Å². The van der Waals surface area contributed by atoms with E-state index in [1.807, 2.05) is 0 Å². The Morgan fingerprint density at radius 2 is 1.80 bits per heavy atom. The van der Waals surface area contributed by atoms with Crippen molar-refractivity contribution >= 4 is 11.6 Å². The zero-order valence-electron chi connectivity index (χ0n) is 18.1. The van der Waals surface area contributed by atoms with Crippen molar-refractivity contribution in [2.45, 2.75) is 12.8 Å². The number of nitrogens with one attached hydrogen (secondary N) is 1. The van der Waals surface area contributed by atoms with Gasteiger partial charge in [-0.2, -0.15) is 13.2 Å². The molecule has 7 nitrogen and oxygen atoms in total. The van der Waals surface area contributed by atoms with E-state index in [0.29, 0.717) is 17.4 Å². The van der Waals surface area contributed by atoms with Crippen LogP contribution in [0.25, 0.3) is 11.5 Å². The maximum Gasteiger partial charge on any atom is 0.416 e. The van der Waals surface area contributed by atoms with E-state index >= 15 is 0 Å². The number of anilines is 1. The summed E-state index contributed by atoms with van der Waals surface area (Å²) in [4.78, 5) is 12.3. The van der Waals surface area contributed by atoms with Crippen LogP contribution >= 0.6 is 0 Å². The zero-order chi connectivity index (χ0) is 25.0. The van der Waals surface area contributed by atoms with Crippen LogP contribution in [0.2, 0.25) is 0 Å². The Morgan fingerprint density at radius 1 is 1.03 bits per heavy atom. The Kier molecular flexibility index (Phi) is 6.67. The number of carbonyl (C=O) groups excluding carboxylic acids is 1. The number of hydrogen-bond acceptors (Lipinski definition) is 6. The lowest BCUT2D eigenvalue weighted by molar-refractivity contribution is -0.137. The maximum absolute atomic E-state index is 14.5. The third-order valence-corrected chi connectivity index (χ3v) is 4.80. The number of methoxy groups -OCH3 is 1. The SMILES string of the molecule is COc1ccc(-c2nnc(COc3ccc(NC(=O)c4cccc(C(F)(F)F)c4)cc3F)o2)cc1. The van der Waals surface area contributed by atoms with Gasteiger partial charge in [-0.25, -0.2) is 4.39 Å². The first kappa shape index (κ1) is 23.7. The summed E-state index contributed by atoms with van der Waals surface area (Å²) in [6.45, 7) is -0.212. The summed E-state index contributed by atoms with van der Waals surface area (Å²) in [7, 11) is 1.55. The van der Waals surface area contributed by atoms with E-state index in [-0.39, 0.29) is 35.4 Å². The molecule has 1 N–H and O–H groups in total. The highest BCUT2D eigenvalue weighted by atomic mass is 19.4. The first-order chi connectivity index (χ1) is 16.7. The van der Waals surface area contributed by atoms with E-state index < -0.39 is 23.5 Å². The molecule has 0 aliphatic heterocycles. The van der Waals surface area contributed by atoms with E-state index in [4.69, 9.17) is 13.9 Å². The molecule has 0 aliphatic rings. The fourth-order valence-corrected chi connectivity index (χ4v) is 3.04. The number of amides is 1. The summed E-state index contributed by atoms with van der Waals surface area (Å²) in [5, 5.41) is 10.1. The third kappa shape index (κ3) is 5.75. The van der Waals surface area contributed by atoms with Crippen molar-refractivity contribution in [3.8, 4) is 23.0 Å². The monoisotopic (exact) mass is 487 g/mol. The second-order valence-corrected chi connectivity index (χ2v) is 7.20. The van der Waals surface area contributed by atoms with Crippen LogP contribution in [0, 0.1) is 5.82 Å². The Morgan fingerprint density at radius 3 is 2.49 bits per heavy atom. The number of aromatic nitrogens is 2. The van der Waals surface area contributed by atoms with Crippen LogP contribution in [-0.2, 0) is 12.8 Å². The topological polar surface area (TPSA) is 86.5 Å². The molecule has 1 amide bonds. The molecule has 0 radical (unpaired) electrons. The molecule has 1 heterocycles. The highest BCUT2D eigenvalue weighted by Crippen LogP contribution is 2.30. The van der Waals surface area contributed by atoms with Gasteiger partial charge in [-0.05, 0) is 54.6 Å². The summed E-state index contributed by atoms with van der Waals surface area (Å²) < 4.78 is 69.0. The van der Waals surface area contributed by atoms with E-state index in [9.17, 15) is 22.4 Å². The van der Waals surface area contributed by atoms with Crippen LogP contribution in [0.15, 0.2) is 71.1 Å². The lowest BCUT2D eigenvalue weighted by atomic mass is 10.1. The number of benzene rings is 3. The number of rotatable bonds is 7. The summed E-state index contributed by atoms with van der Waals surface area (Å²) in [5.41, 5.74) is -0.477. The quantitative estimate of drug-likeness (QED) is 0.335. The second kappa shape index (κ2) is 9.84. The van der Waals surface area contributed by atoms with Gasteiger partial charge in [0.15, 0.2) is 18.2 Å². The second-order valence-electron chi connectivity index (χ2n) is 7.20. The number of halogens is 4. The van der Waals surface area contributed by atoms with Crippen molar-refractivity contribution in [3.05, 3.63) is 89.6 Å². The van der Waals surface area contributed by atoms with Gasteiger partial charge in [0.25, 0.3) is 11.8 Å². The molecule has 0 bridgehead atoms. The fraction of sp³-hybridized carbons (Fsp3) is 0.125. The van der Waals surface area contributed by atoms with Gasteiger partial charge >= 0.3 is 6.18 Å². The Bertz CT molecular complexity index is 1340. The summed E-state index contributed by atoms with van der Waals surface area (Å²) in [5.74, 6) is -0.743. The molecule has 0 fully saturated rings. The lowest BCUT2D eigenvalue weighted by Crippen LogP contribution is -2.14. The predicted molar refractivity (Wildman–Crippen MR) is 116 cm³/mol. The number of carbonyl (C=O) groups is 1. The van der Waals surface area contributed by atoms with Crippen LogP contribution in [0.5, 0.6) is 11.5 Å². The van der Waals surface area contributed by atoms with Gasteiger partial charge < -0.3 is 19.2 Å². The molecule has 4 aromatic rings. The number of alkyl halides is 3. The Balaban J connectivity index is 1.38. The average molecular weight is 487 g/mol. The van der Waals surface area contributed by atoms with Crippen molar-refractivity contribution < 1.29 is 36.2 Å². The molecule has 3 aromatic carbocycles. The summed E-state index contributed by atoms with van der Waals surface area (Å²) >= 11 is 0. The minimum atomic E-state index is -4.59. The van der Waals surface area contributed by atoms with E-state index in [1.165, 1.54) is 18.2 Å². The largest absolute Gasteiger partial charge is 0.497 e. The number of hydrogen-bond donors (Lipinski definition) is 1. The highest BCUT2D eigenvalue weighted by Gasteiger charge is 2.30. The molecule has 0 atom stereocenters. The molecule has 1 aromatic heterocycles. The first-order valence-corrected chi connectivity index (χ1v) is 10.1. The molecule has 0 spiro atoms. The normalized spacial score (nSPS) is 11.2. The average Bonchev–Trinajstić information content (AvgIpc) is 3.32. The number of nitrogens with zero attached hydrogens (tertiary/aromatic N) is 2. The maximum atomic E-state index is 14.5. The van der Waals surface area contributed by atoms with Gasteiger partial charge in [-0.1, -0.05) is 6.07 Å². The van der Waals surface area contributed by atoms with Crippen LogP contribution in [-0.4, -0.2) is 23.2 Å². The third-order valence-electron chi connectivity index (χ3n) is 4.80. The van der Waals surface area contributed by atoms with Gasteiger partial charge in [-0.3, -0.25) is 4.79 Å². The van der Waals surface area contributed by atoms with E-state index in [0.717, 1.165) is 18.2 Å². The van der Waals surface area contributed by atoms with Crippen LogP contribution in [0.1, 0.15) is 21.8 Å². The lowest BCUT2D eigenvalue weighted by Gasteiger charge is -2.10. The predicted octanol–water partition coefficient (Wildman–Crippen LogP) is 5.73. The first-order valence-electron chi connectivity index (χ1n) is 10.1. The van der Waals surface area contributed by atoms with Crippen LogP contribution in [0.3, 0.4) is 0 Å². The zero-order valence-corrected chi connectivity index (χ0v) is 18.1. The molecule has 0 saturated carbocycles. The van der Waals surface area contributed by atoms with Gasteiger partial charge in [0, 0.05) is 22.9 Å². The molecule has 11 heteroatoms. The van der Waals surface area contributed by atoms with Crippen molar-refractivity contribution in [1.82, 2.24) is 10.2 Å². The van der Waals surface area contributed by atoms with Crippen molar-refractivity contribution in [1.29, 1.82) is 0 Å². The van der Waals surface area contributed by atoms with Gasteiger partial charge in [0.1, 0.15) is 5.75 Å². The molecule has 4 rings (SSSR count). The van der Waals surface area contributed by atoms with Gasteiger partial charge in [0.2, 0.25) is 5.89 Å². The summed E-state index contributed by atoms with van der Waals surface area (Å²) in [6.07, 6.45) is -4.59. The minimum Gasteiger partial charge on any atom is -0.497 e. The van der Waals surface area contributed by atoms with Gasteiger partial charge in [0.05, 0.1) is 12.7 Å².